The summed E-state index contributed by atoms with van der Waals surface area (Å²) in [5.74, 6) is 0.869. The lowest BCUT2D eigenvalue weighted by atomic mass is 10.1. The van der Waals surface area contributed by atoms with Gasteiger partial charge in [0.15, 0.2) is 11.5 Å². The predicted molar refractivity (Wildman–Crippen MR) is 86.2 cm³/mol. The predicted octanol–water partition coefficient (Wildman–Crippen LogP) is 1.58. The summed E-state index contributed by atoms with van der Waals surface area (Å²) >= 11 is 0. The molecule has 1 heterocycles. The van der Waals surface area contributed by atoms with Crippen LogP contribution in [-0.4, -0.2) is 62.5 Å². The third-order valence-electron chi connectivity index (χ3n) is 3.95. The van der Waals surface area contributed by atoms with Crippen molar-refractivity contribution < 1.29 is 28.9 Å². The number of nitrogens with one attached hydrogen (secondary N) is 1. The van der Waals surface area contributed by atoms with Gasteiger partial charge in [0.05, 0.1) is 21.3 Å². The Morgan fingerprint density at radius 2 is 1.79 bits per heavy atom. The van der Waals surface area contributed by atoms with Crippen LogP contribution in [0.3, 0.4) is 0 Å². The van der Waals surface area contributed by atoms with Crippen LogP contribution in [-0.2, 0) is 0 Å². The highest BCUT2D eigenvalue weighted by molar-refractivity contribution is 5.95. The minimum absolute atomic E-state index is 0.221. The molecule has 1 saturated heterocycles. The van der Waals surface area contributed by atoms with Gasteiger partial charge in [0.2, 0.25) is 5.75 Å². The summed E-state index contributed by atoms with van der Waals surface area (Å²) in [6.07, 6.45) is 0.480. The minimum atomic E-state index is -0.971. The second-order valence-electron chi connectivity index (χ2n) is 5.46. The fraction of sp³-hybridized carbons (Fsp3) is 0.500. The molecule has 1 fully saturated rings. The van der Waals surface area contributed by atoms with Crippen molar-refractivity contribution in [3.8, 4) is 17.2 Å². The van der Waals surface area contributed by atoms with Gasteiger partial charge in [0.25, 0.3) is 5.91 Å². The number of carbonyl (C=O) groups excluding carboxylic acids is 1. The minimum Gasteiger partial charge on any atom is -0.493 e. The van der Waals surface area contributed by atoms with Crippen molar-refractivity contribution in [2.75, 3.05) is 34.4 Å². The topological polar surface area (TPSA) is 97.3 Å². The Balaban J connectivity index is 2.16. The Labute approximate surface area is 140 Å². The van der Waals surface area contributed by atoms with E-state index >= 15 is 0 Å². The van der Waals surface area contributed by atoms with E-state index in [0.717, 1.165) is 6.42 Å². The van der Waals surface area contributed by atoms with Gasteiger partial charge in [-0.05, 0) is 25.0 Å². The zero-order valence-electron chi connectivity index (χ0n) is 14.0. The van der Waals surface area contributed by atoms with Crippen LogP contribution in [0.15, 0.2) is 12.1 Å². The van der Waals surface area contributed by atoms with Gasteiger partial charge in [-0.1, -0.05) is 0 Å². The molecule has 1 aliphatic rings. The van der Waals surface area contributed by atoms with Crippen molar-refractivity contribution in [1.29, 1.82) is 0 Å². The SMILES string of the molecule is COc1cc(C(=O)NC2CCCN(C(=O)O)C2)cc(OC)c1OC. The molecule has 0 bridgehead atoms. The molecule has 1 atom stereocenters. The van der Waals surface area contributed by atoms with Gasteiger partial charge in [-0.2, -0.15) is 0 Å². The van der Waals surface area contributed by atoms with Crippen LogP contribution in [0.2, 0.25) is 0 Å². The standard InChI is InChI=1S/C16H22N2O6/c1-22-12-7-10(8-13(23-2)14(12)24-3)15(19)17-11-5-4-6-18(9-11)16(20)21/h7-8,11H,4-6,9H2,1-3H3,(H,17,19)(H,20,21). The molecule has 8 nitrogen and oxygen atoms in total. The van der Waals surface area contributed by atoms with Gasteiger partial charge in [0.1, 0.15) is 0 Å². The number of piperidine rings is 1. The summed E-state index contributed by atoms with van der Waals surface area (Å²) in [6, 6.07) is 2.91. The van der Waals surface area contributed by atoms with Crippen molar-refractivity contribution in [2.24, 2.45) is 0 Å². The Kier molecular flexibility index (Phi) is 5.73. The molecule has 1 aromatic rings. The van der Waals surface area contributed by atoms with Crippen LogP contribution < -0.4 is 19.5 Å². The number of carbonyl (C=O) groups is 2. The molecule has 2 N–H and O–H groups in total. The first-order chi connectivity index (χ1) is 11.5. The number of nitrogens with zero attached hydrogens (tertiary/aromatic N) is 1. The lowest BCUT2D eigenvalue weighted by Crippen LogP contribution is -2.49. The monoisotopic (exact) mass is 338 g/mol. The van der Waals surface area contributed by atoms with Crippen LogP contribution in [0.25, 0.3) is 0 Å². The van der Waals surface area contributed by atoms with E-state index in [-0.39, 0.29) is 18.5 Å². The number of ether oxygens (including phenoxy) is 3. The molecule has 24 heavy (non-hydrogen) atoms. The van der Waals surface area contributed by atoms with Gasteiger partial charge in [-0.3, -0.25) is 4.79 Å². The average molecular weight is 338 g/mol. The zero-order valence-corrected chi connectivity index (χ0v) is 14.0. The first-order valence-electron chi connectivity index (χ1n) is 7.58. The van der Waals surface area contributed by atoms with E-state index in [2.05, 4.69) is 5.32 Å². The summed E-state index contributed by atoms with van der Waals surface area (Å²) in [7, 11) is 4.44. The van der Waals surface area contributed by atoms with Gasteiger partial charge in [0, 0.05) is 24.7 Å². The summed E-state index contributed by atoms with van der Waals surface area (Å²) in [5.41, 5.74) is 0.358. The number of hydrogen-bond donors (Lipinski definition) is 2. The fourth-order valence-electron chi connectivity index (χ4n) is 2.75. The van der Waals surface area contributed by atoms with Crippen LogP contribution >= 0.6 is 0 Å². The van der Waals surface area contributed by atoms with E-state index in [4.69, 9.17) is 19.3 Å². The number of hydrogen-bond acceptors (Lipinski definition) is 5. The van der Waals surface area contributed by atoms with E-state index in [1.54, 1.807) is 12.1 Å². The Morgan fingerprint density at radius 1 is 1.17 bits per heavy atom. The number of rotatable bonds is 5. The molecule has 1 unspecified atom stereocenters. The molecule has 1 aromatic carbocycles. The third kappa shape index (κ3) is 3.81. The van der Waals surface area contributed by atoms with E-state index in [9.17, 15) is 9.59 Å². The molecule has 2 amide bonds. The lowest BCUT2D eigenvalue weighted by Gasteiger charge is -2.31. The summed E-state index contributed by atoms with van der Waals surface area (Å²) < 4.78 is 15.7. The second kappa shape index (κ2) is 7.76. The maximum atomic E-state index is 12.5. The quantitative estimate of drug-likeness (QED) is 0.846. The first-order valence-corrected chi connectivity index (χ1v) is 7.58. The van der Waals surface area contributed by atoms with E-state index in [1.807, 2.05) is 0 Å². The van der Waals surface area contributed by atoms with Gasteiger partial charge < -0.3 is 29.5 Å². The maximum Gasteiger partial charge on any atom is 0.407 e. The fourth-order valence-corrected chi connectivity index (χ4v) is 2.75. The van der Waals surface area contributed by atoms with Crippen LogP contribution in [0.5, 0.6) is 17.2 Å². The van der Waals surface area contributed by atoms with Gasteiger partial charge in [-0.15, -0.1) is 0 Å². The van der Waals surface area contributed by atoms with Crippen molar-refractivity contribution in [3.63, 3.8) is 0 Å². The molecule has 2 rings (SSSR count). The zero-order chi connectivity index (χ0) is 17.7. The largest absolute Gasteiger partial charge is 0.493 e. The lowest BCUT2D eigenvalue weighted by molar-refractivity contribution is 0.0887. The van der Waals surface area contributed by atoms with E-state index < -0.39 is 6.09 Å². The second-order valence-corrected chi connectivity index (χ2v) is 5.46. The molecule has 0 radical (unpaired) electrons. The Bertz CT molecular complexity index is 594. The normalized spacial score (nSPS) is 17.1. The Morgan fingerprint density at radius 3 is 2.29 bits per heavy atom. The molecule has 0 spiro atoms. The molecule has 8 heteroatoms. The van der Waals surface area contributed by atoms with Crippen molar-refractivity contribution in [1.82, 2.24) is 10.2 Å². The van der Waals surface area contributed by atoms with E-state index in [0.29, 0.717) is 35.8 Å². The van der Waals surface area contributed by atoms with Crippen LogP contribution in [0.4, 0.5) is 4.79 Å². The number of methoxy groups -OCH3 is 3. The highest BCUT2D eigenvalue weighted by atomic mass is 16.5. The summed E-state index contributed by atoms with van der Waals surface area (Å²) in [4.78, 5) is 24.9. The smallest absolute Gasteiger partial charge is 0.407 e. The van der Waals surface area contributed by atoms with Crippen molar-refractivity contribution in [3.05, 3.63) is 17.7 Å². The van der Waals surface area contributed by atoms with Gasteiger partial charge >= 0.3 is 6.09 Å². The summed E-state index contributed by atoms with van der Waals surface area (Å²) in [6.45, 7) is 0.775. The number of carboxylic acid groups (broad SMARTS) is 1. The highest BCUT2D eigenvalue weighted by Crippen LogP contribution is 2.38. The molecular formula is C16H22N2O6. The van der Waals surface area contributed by atoms with Crippen molar-refractivity contribution in [2.45, 2.75) is 18.9 Å². The molecule has 132 valence electrons. The average Bonchev–Trinajstić information content (AvgIpc) is 2.60. The van der Waals surface area contributed by atoms with Crippen LogP contribution in [0, 0.1) is 0 Å². The van der Waals surface area contributed by atoms with Gasteiger partial charge in [-0.25, -0.2) is 4.79 Å². The third-order valence-corrected chi connectivity index (χ3v) is 3.95. The molecule has 1 aliphatic heterocycles. The summed E-state index contributed by atoms with van der Waals surface area (Å²) in [5, 5.41) is 11.9. The first kappa shape index (κ1) is 17.7. The highest BCUT2D eigenvalue weighted by Gasteiger charge is 2.25. The molecule has 0 aromatic heterocycles. The number of amides is 2. The molecule has 0 aliphatic carbocycles. The van der Waals surface area contributed by atoms with E-state index in [1.165, 1.54) is 26.2 Å². The van der Waals surface area contributed by atoms with Crippen molar-refractivity contribution >= 4 is 12.0 Å². The van der Waals surface area contributed by atoms with Crippen LogP contribution in [0.1, 0.15) is 23.2 Å². The molecule has 0 saturated carbocycles. The maximum absolute atomic E-state index is 12.5. The Hall–Kier alpha value is -2.64. The number of likely N-dealkylation sites (tertiary alicyclic amines) is 1. The molecular weight excluding hydrogens is 316 g/mol. The number of benzene rings is 1.